The lowest BCUT2D eigenvalue weighted by Crippen LogP contribution is -2.77. The van der Waals surface area contributed by atoms with Gasteiger partial charge in [0.25, 0.3) is 0 Å². The standard InChI is InChI=1S/C25H4F42O4/c26-6(27,7(28,29)8(30,31)9(32,33)10(34,35)11(36,37)14(42,43)17(48,49)20(54,55)23(60,61)62)3(1-2-4(68)69)5(70)71-25(66,67)22(58,59)19(52,53)16(46,47)13(40,41)12(38,39)15(44,45)18(50,51)21(56,57)24(63,64)65/h1H,2H2,(H,68,69). The van der Waals surface area contributed by atoms with E-state index in [1.165, 1.54) is 4.74 Å². The minimum Gasteiger partial charge on any atom is -0.481 e. The molecule has 46 heteroatoms. The highest BCUT2D eigenvalue weighted by Crippen LogP contribution is 2.69. The fraction of sp³-hybridized carbons (Fsp3) is 0.840. The summed E-state index contributed by atoms with van der Waals surface area (Å²) >= 11 is 0. The number of ether oxygens (including phenoxy) is 1. The molecule has 0 aromatic heterocycles. The Bertz CT molecular complexity index is 2010. The van der Waals surface area contributed by atoms with Gasteiger partial charge in [-0.2, -0.15) is 184 Å². The van der Waals surface area contributed by atoms with Crippen molar-refractivity contribution in [3.05, 3.63) is 11.6 Å². The summed E-state index contributed by atoms with van der Waals surface area (Å²) in [6, 6.07) is 0. The molecule has 4 nitrogen and oxygen atoms in total. The average molecular weight is 1170 g/mol. The Morgan fingerprint density at radius 3 is 0.676 bits per heavy atom. The van der Waals surface area contributed by atoms with Crippen molar-refractivity contribution in [1.29, 1.82) is 0 Å². The summed E-state index contributed by atoms with van der Waals surface area (Å²) in [4.78, 5) is 22.4. The molecule has 1 N–H and O–H groups in total. The van der Waals surface area contributed by atoms with Crippen molar-refractivity contribution in [2.45, 2.75) is 126 Å². The van der Waals surface area contributed by atoms with Crippen LogP contribution in [-0.4, -0.2) is 136 Å². The maximum Gasteiger partial charge on any atom is 0.473 e. The molecule has 0 saturated heterocycles. The number of carboxylic acids is 1. The molecule has 0 aliphatic rings. The van der Waals surface area contributed by atoms with Crippen LogP contribution in [0, 0.1) is 0 Å². The highest BCUT2D eigenvalue weighted by Gasteiger charge is 3.00. The van der Waals surface area contributed by atoms with E-state index in [4.69, 9.17) is 5.11 Å². The van der Waals surface area contributed by atoms with Crippen LogP contribution in [0.15, 0.2) is 11.6 Å². The van der Waals surface area contributed by atoms with Crippen LogP contribution in [0.25, 0.3) is 0 Å². The van der Waals surface area contributed by atoms with E-state index in [0.29, 0.717) is 0 Å². The van der Waals surface area contributed by atoms with Gasteiger partial charge in [0.2, 0.25) is 0 Å². The first-order chi connectivity index (χ1) is 29.9. The van der Waals surface area contributed by atoms with E-state index in [-0.39, 0.29) is 0 Å². The van der Waals surface area contributed by atoms with Crippen molar-refractivity contribution in [1.82, 2.24) is 0 Å². The maximum atomic E-state index is 14.7. The summed E-state index contributed by atoms with van der Waals surface area (Å²) in [5.74, 6) is -174. The van der Waals surface area contributed by atoms with E-state index in [0.717, 1.165) is 0 Å². The molecule has 0 aliphatic carbocycles. The van der Waals surface area contributed by atoms with E-state index in [9.17, 15) is 194 Å². The van der Waals surface area contributed by atoms with Gasteiger partial charge in [0, 0.05) is 0 Å². The van der Waals surface area contributed by atoms with Crippen LogP contribution in [0.5, 0.6) is 0 Å². The van der Waals surface area contributed by atoms with Crippen LogP contribution in [0.1, 0.15) is 6.42 Å². The van der Waals surface area contributed by atoms with E-state index in [2.05, 4.69) is 0 Å². The molecule has 0 aromatic rings. The SMILES string of the molecule is O=C(O)CC=C(C(=O)OC(F)(F)C(F)(F)C(F)(F)C(F)(F)C(F)(F)C(F)(F)C(F)(F)C(F)(F)C(F)(F)C(F)(F)F)C(F)(F)C(F)(F)C(F)(F)C(F)(F)C(F)(F)C(F)(F)C(F)(F)C(F)(F)C(F)(F)C(F)(F)F. The molecule has 0 fully saturated rings. The van der Waals surface area contributed by atoms with E-state index < -0.39 is 149 Å². The maximum absolute atomic E-state index is 14.7. The lowest BCUT2D eigenvalue weighted by molar-refractivity contribution is -0.482. The van der Waals surface area contributed by atoms with Crippen molar-refractivity contribution in [2.24, 2.45) is 0 Å². The van der Waals surface area contributed by atoms with Gasteiger partial charge in [-0.3, -0.25) is 4.79 Å². The third-order valence-electron chi connectivity index (χ3n) is 8.25. The summed E-state index contributed by atoms with van der Waals surface area (Å²) in [6.45, 7) is 0. The Morgan fingerprint density at radius 2 is 0.479 bits per heavy atom. The van der Waals surface area contributed by atoms with Gasteiger partial charge in [0.1, 0.15) is 5.57 Å². The number of carbonyl (C=O) groups excluding carboxylic acids is 1. The first kappa shape index (κ1) is 66.7. The summed E-state index contributed by atoms with van der Waals surface area (Å²) in [5, 5.41) is 8.32. The quantitative estimate of drug-likeness (QED) is 0.0707. The number of rotatable bonds is 21. The number of halogens is 42. The Labute approximate surface area is 354 Å². The van der Waals surface area contributed by atoms with Gasteiger partial charge in [-0.1, -0.05) is 6.08 Å². The lowest BCUT2D eigenvalue weighted by Gasteiger charge is -2.44. The van der Waals surface area contributed by atoms with Crippen LogP contribution >= 0.6 is 0 Å². The topological polar surface area (TPSA) is 63.6 Å². The lowest BCUT2D eigenvalue weighted by atomic mass is 9.85. The van der Waals surface area contributed by atoms with Crippen LogP contribution in [0.3, 0.4) is 0 Å². The highest BCUT2D eigenvalue weighted by atomic mass is 19.5. The monoisotopic (exact) mass is 1170 g/mol. The number of esters is 1. The van der Waals surface area contributed by atoms with Gasteiger partial charge in [0.15, 0.2) is 0 Å². The predicted molar refractivity (Wildman–Crippen MR) is 128 cm³/mol. The van der Waals surface area contributed by atoms with Gasteiger partial charge < -0.3 is 9.84 Å². The van der Waals surface area contributed by atoms with Crippen LogP contribution < -0.4 is 0 Å². The van der Waals surface area contributed by atoms with Crippen LogP contribution in [0.2, 0.25) is 0 Å². The second kappa shape index (κ2) is 16.9. The number of alkyl halides is 42. The highest BCUT2D eigenvalue weighted by molar-refractivity contribution is 5.91. The van der Waals surface area contributed by atoms with Crippen LogP contribution in [0.4, 0.5) is 184 Å². The molecule has 0 bridgehead atoms. The van der Waals surface area contributed by atoms with E-state index in [1.807, 2.05) is 0 Å². The minimum absolute atomic E-state index is 1.34. The van der Waals surface area contributed by atoms with Gasteiger partial charge in [-0.05, 0) is 0 Å². The summed E-state index contributed by atoms with van der Waals surface area (Å²) in [7, 11) is 0. The molecule has 0 heterocycles. The Balaban J connectivity index is 7.98. The van der Waals surface area contributed by atoms with Gasteiger partial charge in [-0.25, -0.2) is 4.79 Å². The zero-order valence-corrected chi connectivity index (χ0v) is 30.3. The molecule has 0 saturated carbocycles. The first-order valence-corrected chi connectivity index (χ1v) is 15.0. The van der Waals surface area contributed by atoms with Gasteiger partial charge >= 0.3 is 131 Å². The first-order valence-electron chi connectivity index (χ1n) is 15.0. The van der Waals surface area contributed by atoms with Crippen molar-refractivity contribution in [2.75, 3.05) is 0 Å². The van der Waals surface area contributed by atoms with Crippen molar-refractivity contribution >= 4 is 11.9 Å². The number of carbonyl (C=O) groups is 2. The Morgan fingerprint density at radius 1 is 0.296 bits per heavy atom. The third kappa shape index (κ3) is 8.45. The molecule has 0 aromatic carbocycles. The van der Waals surface area contributed by atoms with Crippen molar-refractivity contribution in [3.63, 3.8) is 0 Å². The van der Waals surface area contributed by atoms with Gasteiger partial charge in [0.05, 0.1) is 6.42 Å². The average Bonchev–Trinajstić information content (AvgIpc) is 3.12. The zero-order chi connectivity index (χ0) is 58.9. The fourth-order valence-corrected chi connectivity index (χ4v) is 4.04. The second-order valence-corrected chi connectivity index (χ2v) is 12.9. The molecule has 71 heavy (non-hydrogen) atoms. The summed E-state index contributed by atoms with van der Waals surface area (Å²) in [5.41, 5.74) is -5.26. The smallest absolute Gasteiger partial charge is 0.473 e. The molecule has 0 radical (unpaired) electrons. The summed E-state index contributed by atoms with van der Waals surface area (Å²) in [6.07, 6.45) is -31.7. The molecule has 422 valence electrons. The molecule has 0 aliphatic heterocycles. The van der Waals surface area contributed by atoms with Crippen molar-refractivity contribution < 1.29 is 204 Å². The van der Waals surface area contributed by atoms with E-state index >= 15 is 0 Å². The minimum atomic E-state index is -10.1. The Kier molecular flexibility index (Phi) is 15.9. The number of aliphatic carboxylic acids is 1. The summed E-state index contributed by atoms with van der Waals surface area (Å²) < 4.78 is 573. The molecular formula is C25H4F42O4. The predicted octanol–water partition coefficient (Wildman–Crippen LogP) is 13.4. The van der Waals surface area contributed by atoms with Crippen molar-refractivity contribution in [3.8, 4) is 0 Å². The fourth-order valence-electron chi connectivity index (χ4n) is 4.04. The number of hydrogen-bond acceptors (Lipinski definition) is 3. The van der Waals surface area contributed by atoms with E-state index in [1.54, 1.807) is 0 Å². The molecule has 0 unspecified atom stereocenters. The molecule has 0 atom stereocenters. The molecular weight excluding hydrogens is 1160 g/mol. The molecule has 0 rings (SSSR count). The second-order valence-electron chi connectivity index (χ2n) is 12.9. The molecule has 0 spiro atoms. The number of hydrogen-bond donors (Lipinski definition) is 1. The Hall–Kier alpha value is -4.26. The molecule has 0 amide bonds. The van der Waals surface area contributed by atoms with Gasteiger partial charge in [-0.15, -0.1) is 0 Å². The third-order valence-corrected chi connectivity index (χ3v) is 8.25. The van der Waals surface area contributed by atoms with Crippen LogP contribution in [-0.2, 0) is 14.3 Å². The number of carboxylic acid groups (broad SMARTS) is 1. The zero-order valence-electron chi connectivity index (χ0n) is 30.3. The largest absolute Gasteiger partial charge is 0.481 e. The normalized spacial score (nSPS) is 16.9.